The maximum atomic E-state index is 12.8. The van der Waals surface area contributed by atoms with Gasteiger partial charge in [-0.15, -0.1) is 0 Å². The van der Waals surface area contributed by atoms with Crippen LogP contribution in [0.5, 0.6) is 0 Å². The average molecular weight is 330 g/mol. The predicted octanol–water partition coefficient (Wildman–Crippen LogP) is 3.57. The molecule has 2 rings (SSSR count). The maximum absolute atomic E-state index is 12.8. The fourth-order valence-corrected chi connectivity index (χ4v) is 5.43. The number of hydrogen-bond acceptors (Lipinski definition) is 3. The van der Waals surface area contributed by atoms with Gasteiger partial charge in [-0.25, -0.2) is 8.42 Å². The molecule has 1 aliphatic rings. The number of benzene rings is 1. The summed E-state index contributed by atoms with van der Waals surface area (Å²) in [5.41, 5.74) is 0.816. The Kier molecular flexibility index (Phi) is 6.08. The van der Waals surface area contributed by atoms with Crippen LogP contribution in [-0.2, 0) is 15.6 Å². The highest BCUT2D eigenvalue weighted by Gasteiger charge is 2.32. The van der Waals surface area contributed by atoms with Gasteiger partial charge in [0.25, 0.3) is 0 Å². The first kappa shape index (κ1) is 16.8. The molecule has 1 aliphatic carbocycles. The Labute approximate surface area is 133 Å². The van der Waals surface area contributed by atoms with Crippen molar-refractivity contribution in [1.82, 2.24) is 5.32 Å². The van der Waals surface area contributed by atoms with Gasteiger partial charge in [-0.2, -0.15) is 0 Å². The second kappa shape index (κ2) is 7.61. The van der Waals surface area contributed by atoms with Gasteiger partial charge < -0.3 is 5.32 Å². The minimum atomic E-state index is -3.16. The van der Waals surface area contributed by atoms with E-state index in [1.54, 1.807) is 24.3 Å². The molecule has 3 nitrogen and oxygen atoms in total. The summed E-state index contributed by atoms with van der Waals surface area (Å²) in [6.45, 7) is 0. The summed E-state index contributed by atoms with van der Waals surface area (Å²) in [4.78, 5) is 0. The zero-order chi connectivity index (χ0) is 15.3. The molecular weight excluding hydrogens is 306 g/mol. The minimum absolute atomic E-state index is 0.0719. The molecule has 0 aliphatic heterocycles. The van der Waals surface area contributed by atoms with E-state index < -0.39 is 9.84 Å². The quantitative estimate of drug-likeness (QED) is 0.918. The summed E-state index contributed by atoms with van der Waals surface area (Å²) in [6.07, 6.45) is 6.18. The van der Waals surface area contributed by atoms with Crippen molar-refractivity contribution in [3.05, 3.63) is 34.9 Å². The van der Waals surface area contributed by atoms with Crippen molar-refractivity contribution in [3.63, 3.8) is 0 Å². The van der Waals surface area contributed by atoms with E-state index in [4.69, 9.17) is 11.6 Å². The lowest BCUT2D eigenvalue weighted by molar-refractivity contribution is 0.405. The molecule has 0 radical (unpaired) electrons. The highest BCUT2D eigenvalue weighted by Crippen LogP contribution is 2.25. The molecule has 2 unspecified atom stereocenters. The molecule has 0 aromatic heterocycles. The normalized spacial score (nSPS) is 24.3. The number of rotatable bonds is 4. The third-order valence-corrected chi connectivity index (χ3v) is 6.79. The van der Waals surface area contributed by atoms with E-state index in [0.29, 0.717) is 5.02 Å². The molecule has 0 saturated heterocycles. The van der Waals surface area contributed by atoms with Crippen LogP contribution in [-0.4, -0.2) is 26.8 Å². The largest absolute Gasteiger partial charge is 0.316 e. The third-order valence-electron chi connectivity index (χ3n) is 4.32. The van der Waals surface area contributed by atoms with E-state index in [0.717, 1.165) is 37.7 Å². The van der Waals surface area contributed by atoms with Crippen LogP contribution in [0.1, 0.15) is 44.1 Å². The lowest BCUT2D eigenvalue weighted by atomic mass is 9.96. The summed E-state index contributed by atoms with van der Waals surface area (Å²) in [5, 5.41) is 3.58. The Morgan fingerprint density at radius 3 is 2.33 bits per heavy atom. The fraction of sp³-hybridized carbons (Fsp3) is 0.625. The number of halogens is 1. The van der Waals surface area contributed by atoms with Crippen LogP contribution in [0.3, 0.4) is 0 Å². The molecule has 5 heteroatoms. The molecule has 0 bridgehead atoms. The average Bonchev–Trinajstić information content (AvgIpc) is 2.41. The van der Waals surface area contributed by atoms with Gasteiger partial charge in [0, 0.05) is 11.1 Å². The number of sulfone groups is 1. The Balaban J connectivity index is 2.16. The lowest BCUT2D eigenvalue weighted by Crippen LogP contribution is -2.43. The van der Waals surface area contributed by atoms with Gasteiger partial charge in [0.15, 0.2) is 9.84 Å². The summed E-state index contributed by atoms with van der Waals surface area (Å²) >= 11 is 5.86. The van der Waals surface area contributed by atoms with Gasteiger partial charge in [0.05, 0.1) is 11.0 Å². The molecule has 0 spiro atoms. The Hall–Kier alpha value is -0.580. The van der Waals surface area contributed by atoms with Crippen LogP contribution in [0, 0.1) is 0 Å². The van der Waals surface area contributed by atoms with E-state index in [9.17, 15) is 8.42 Å². The van der Waals surface area contributed by atoms with Crippen molar-refractivity contribution in [3.8, 4) is 0 Å². The van der Waals surface area contributed by atoms with E-state index in [1.807, 2.05) is 7.05 Å². The van der Waals surface area contributed by atoms with E-state index in [2.05, 4.69) is 5.32 Å². The molecular formula is C16H24ClNO2S. The second-order valence-electron chi connectivity index (χ2n) is 5.86. The second-order valence-corrected chi connectivity index (χ2v) is 8.52. The van der Waals surface area contributed by atoms with E-state index in [1.165, 1.54) is 6.42 Å². The van der Waals surface area contributed by atoms with Crippen LogP contribution < -0.4 is 5.32 Å². The first-order valence-electron chi connectivity index (χ1n) is 7.66. The Bertz CT molecular complexity index is 542. The van der Waals surface area contributed by atoms with E-state index >= 15 is 0 Å². The van der Waals surface area contributed by atoms with Crippen molar-refractivity contribution >= 4 is 21.4 Å². The number of nitrogens with one attached hydrogen (secondary N) is 1. The van der Waals surface area contributed by atoms with Crippen LogP contribution in [0.15, 0.2) is 24.3 Å². The van der Waals surface area contributed by atoms with Crippen molar-refractivity contribution in [2.75, 3.05) is 7.05 Å². The SMILES string of the molecule is CNC1CCCCCCC1S(=O)(=O)Cc1ccc(Cl)cc1. The Morgan fingerprint density at radius 2 is 1.71 bits per heavy atom. The molecule has 1 aromatic carbocycles. The highest BCUT2D eigenvalue weighted by atomic mass is 35.5. The maximum Gasteiger partial charge on any atom is 0.158 e. The van der Waals surface area contributed by atoms with Gasteiger partial charge in [-0.3, -0.25) is 0 Å². The highest BCUT2D eigenvalue weighted by molar-refractivity contribution is 7.91. The van der Waals surface area contributed by atoms with Crippen molar-refractivity contribution in [2.24, 2.45) is 0 Å². The monoisotopic (exact) mass is 329 g/mol. The fourth-order valence-electron chi connectivity index (χ4n) is 3.13. The van der Waals surface area contributed by atoms with Crippen LogP contribution >= 0.6 is 11.6 Å². The van der Waals surface area contributed by atoms with Gasteiger partial charge >= 0.3 is 0 Å². The molecule has 0 amide bonds. The molecule has 118 valence electrons. The smallest absolute Gasteiger partial charge is 0.158 e. The molecule has 2 atom stereocenters. The van der Waals surface area contributed by atoms with E-state index in [-0.39, 0.29) is 17.0 Å². The van der Waals surface area contributed by atoms with Crippen molar-refractivity contribution in [1.29, 1.82) is 0 Å². The molecule has 1 saturated carbocycles. The summed E-state index contributed by atoms with van der Waals surface area (Å²) < 4.78 is 25.6. The van der Waals surface area contributed by atoms with Crippen LogP contribution in [0.4, 0.5) is 0 Å². The molecule has 1 N–H and O–H groups in total. The minimum Gasteiger partial charge on any atom is -0.316 e. The summed E-state index contributed by atoms with van der Waals surface area (Å²) in [6, 6.07) is 7.18. The molecule has 21 heavy (non-hydrogen) atoms. The van der Waals surface area contributed by atoms with Gasteiger partial charge in [-0.05, 0) is 37.6 Å². The topological polar surface area (TPSA) is 46.2 Å². The van der Waals surface area contributed by atoms with Crippen molar-refractivity contribution in [2.45, 2.75) is 55.6 Å². The summed E-state index contributed by atoms with van der Waals surface area (Å²) in [5.74, 6) is 0.104. The molecule has 1 fully saturated rings. The van der Waals surface area contributed by atoms with Crippen LogP contribution in [0.2, 0.25) is 5.02 Å². The van der Waals surface area contributed by atoms with Crippen molar-refractivity contribution < 1.29 is 8.42 Å². The first-order valence-corrected chi connectivity index (χ1v) is 9.75. The molecule has 1 aromatic rings. The third kappa shape index (κ3) is 4.70. The zero-order valence-corrected chi connectivity index (χ0v) is 14.1. The Morgan fingerprint density at radius 1 is 1.10 bits per heavy atom. The standard InChI is InChI=1S/C16H24ClNO2S/c1-18-15-6-4-2-3-5-7-16(15)21(19,20)12-13-8-10-14(17)11-9-13/h8-11,15-16,18H,2-7,12H2,1H3. The predicted molar refractivity (Wildman–Crippen MR) is 88.4 cm³/mol. The van der Waals surface area contributed by atoms with Gasteiger partial charge in [-0.1, -0.05) is 49.4 Å². The first-order chi connectivity index (χ1) is 10.0. The number of hydrogen-bond donors (Lipinski definition) is 1. The van der Waals surface area contributed by atoms with Gasteiger partial charge in [0.2, 0.25) is 0 Å². The lowest BCUT2D eigenvalue weighted by Gasteiger charge is -2.29. The summed E-state index contributed by atoms with van der Waals surface area (Å²) in [7, 11) is -1.28. The van der Waals surface area contributed by atoms with Gasteiger partial charge in [0.1, 0.15) is 0 Å². The molecule has 0 heterocycles. The van der Waals surface area contributed by atoms with Crippen LogP contribution in [0.25, 0.3) is 0 Å². The zero-order valence-electron chi connectivity index (χ0n) is 12.5.